The molecule has 0 aliphatic carbocycles. The molecule has 2 amide bonds. The Balaban J connectivity index is 2.07. The molecule has 0 spiro atoms. The number of para-hydroxylation sites is 1. The topological polar surface area (TPSA) is 32.3 Å². The Morgan fingerprint density at radius 1 is 1.56 bits per heavy atom. The Morgan fingerprint density at radius 3 is 3.00 bits per heavy atom. The number of halogens is 2. The average molecular weight is 271 g/mol. The maximum atomic E-state index is 13.5. The van der Waals surface area contributed by atoms with Gasteiger partial charge in [0.25, 0.3) is 0 Å². The quantitative estimate of drug-likeness (QED) is 0.828. The first-order valence-electron chi connectivity index (χ1n) is 6.08. The van der Waals surface area contributed by atoms with E-state index in [0.717, 1.165) is 12.8 Å². The minimum atomic E-state index is -0.513. The molecule has 0 saturated carbocycles. The summed E-state index contributed by atoms with van der Waals surface area (Å²) in [5.74, 6) is -0.0264. The molecule has 5 heteroatoms. The number of likely N-dealkylation sites (tertiary alicyclic amines) is 1. The van der Waals surface area contributed by atoms with Crippen LogP contribution in [0.4, 0.5) is 14.9 Å². The monoisotopic (exact) mass is 270 g/mol. The van der Waals surface area contributed by atoms with Gasteiger partial charge in [-0.1, -0.05) is 24.6 Å². The highest BCUT2D eigenvalue weighted by molar-refractivity contribution is 6.33. The van der Waals surface area contributed by atoms with Gasteiger partial charge in [-0.15, -0.1) is 0 Å². The van der Waals surface area contributed by atoms with Crippen molar-refractivity contribution >= 4 is 23.3 Å². The number of rotatable bonds is 1. The van der Waals surface area contributed by atoms with Gasteiger partial charge in [-0.05, 0) is 30.9 Å². The Hall–Kier alpha value is -1.29. The number of urea groups is 1. The third-order valence-corrected chi connectivity index (χ3v) is 3.45. The summed E-state index contributed by atoms with van der Waals surface area (Å²) >= 11 is 5.87. The molecular formula is C13H16ClFN2O. The van der Waals surface area contributed by atoms with Crippen LogP contribution in [0.15, 0.2) is 18.2 Å². The van der Waals surface area contributed by atoms with E-state index in [1.54, 1.807) is 11.0 Å². The Kier molecular flexibility index (Phi) is 4.07. The molecule has 0 bridgehead atoms. The molecule has 0 aromatic heterocycles. The van der Waals surface area contributed by atoms with Crippen LogP contribution in [0.1, 0.15) is 19.8 Å². The van der Waals surface area contributed by atoms with E-state index >= 15 is 0 Å². The van der Waals surface area contributed by atoms with Crippen LogP contribution < -0.4 is 5.32 Å². The van der Waals surface area contributed by atoms with Gasteiger partial charge in [0.05, 0.1) is 10.7 Å². The predicted molar refractivity (Wildman–Crippen MR) is 70.4 cm³/mol. The summed E-state index contributed by atoms with van der Waals surface area (Å²) in [6.07, 6.45) is 2.11. The zero-order chi connectivity index (χ0) is 13.1. The van der Waals surface area contributed by atoms with Gasteiger partial charge in [0.2, 0.25) is 0 Å². The number of carbonyl (C=O) groups excluding carboxylic acids is 1. The maximum absolute atomic E-state index is 13.5. The Morgan fingerprint density at radius 2 is 2.33 bits per heavy atom. The lowest BCUT2D eigenvalue weighted by atomic mass is 10.0. The number of hydrogen-bond donors (Lipinski definition) is 1. The van der Waals surface area contributed by atoms with Crippen molar-refractivity contribution in [2.24, 2.45) is 5.92 Å². The second-order valence-corrected chi connectivity index (χ2v) is 5.13. The fourth-order valence-corrected chi connectivity index (χ4v) is 2.39. The van der Waals surface area contributed by atoms with Crippen molar-refractivity contribution in [3.63, 3.8) is 0 Å². The van der Waals surface area contributed by atoms with E-state index in [0.29, 0.717) is 19.0 Å². The molecule has 1 fully saturated rings. The van der Waals surface area contributed by atoms with Gasteiger partial charge in [-0.25, -0.2) is 9.18 Å². The molecule has 18 heavy (non-hydrogen) atoms. The van der Waals surface area contributed by atoms with Crippen molar-refractivity contribution in [1.82, 2.24) is 4.90 Å². The average Bonchev–Trinajstić information content (AvgIpc) is 2.34. The minimum absolute atomic E-state index is 0.0578. The van der Waals surface area contributed by atoms with E-state index < -0.39 is 5.82 Å². The summed E-state index contributed by atoms with van der Waals surface area (Å²) in [5.41, 5.74) is 0.0578. The first kappa shape index (κ1) is 13.1. The highest BCUT2D eigenvalue weighted by Crippen LogP contribution is 2.25. The van der Waals surface area contributed by atoms with Crippen LogP contribution in [0, 0.1) is 11.7 Å². The first-order valence-corrected chi connectivity index (χ1v) is 6.45. The standard InChI is InChI=1S/C13H16ClFN2O/c1-9-4-3-7-17(8-9)13(18)16-12-10(14)5-2-6-11(12)15/h2,5-6,9H,3-4,7-8H2,1H3,(H,16,18). The number of piperidine rings is 1. The third-order valence-electron chi connectivity index (χ3n) is 3.14. The van der Waals surface area contributed by atoms with Gasteiger partial charge in [0, 0.05) is 13.1 Å². The lowest BCUT2D eigenvalue weighted by Crippen LogP contribution is -2.41. The Labute approximate surface area is 111 Å². The lowest BCUT2D eigenvalue weighted by molar-refractivity contribution is 0.182. The number of hydrogen-bond acceptors (Lipinski definition) is 1. The van der Waals surface area contributed by atoms with E-state index in [-0.39, 0.29) is 16.7 Å². The molecule has 3 nitrogen and oxygen atoms in total. The molecule has 1 aliphatic rings. The number of benzene rings is 1. The largest absolute Gasteiger partial charge is 0.324 e. The second-order valence-electron chi connectivity index (χ2n) is 4.72. The highest BCUT2D eigenvalue weighted by atomic mass is 35.5. The normalized spacial score (nSPS) is 19.7. The van der Waals surface area contributed by atoms with Crippen LogP contribution >= 0.6 is 11.6 Å². The SMILES string of the molecule is CC1CCCN(C(=O)Nc2c(F)cccc2Cl)C1. The van der Waals surface area contributed by atoms with E-state index in [9.17, 15) is 9.18 Å². The van der Waals surface area contributed by atoms with E-state index in [1.807, 2.05) is 0 Å². The van der Waals surface area contributed by atoms with Crippen molar-refractivity contribution in [2.45, 2.75) is 19.8 Å². The molecule has 0 radical (unpaired) electrons. The molecule has 1 aromatic rings. The van der Waals surface area contributed by atoms with Crippen molar-refractivity contribution in [1.29, 1.82) is 0 Å². The number of nitrogens with one attached hydrogen (secondary N) is 1. The molecule has 1 atom stereocenters. The van der Waals surface area contributed by atoms with Crippen molar-refractivity contribution in [3.8, 4) is 0 Å². The van der Waals surface area contributed by atoms with Gasteiger partial charge < -0.3 is 10.2 Å². The lowest BCUT2D eigenvalue weighted by Gasteiger charge is -2.31. The van der Waals surface area contributed by atoms with Crippen molar-refractivity contribution in [2.75, 3.05) is 18.4 Å². The minimum Gasteiger partial charge on any atom is -0.324 e. The van der Waals surface area contributed by atoms with Crippen molar-refractivity contribution < 1.29 is 9.18 Å². The molecule has 1 N–H and O–H groups in total. The molecule has 1 aromatic carbocycles. The van der Waals surface area contributed by atoms with Crippen LogP contribution in [0.3, 0.4) is 0 Å². The third kappa shape index (κ3) is 2.93. The number of nitrogens with zero attached hydrogens (tertiary/aromatic N) is 1. The smallest absolute Gasteiger partial charge is 0.321 e. The fourth-order valence-electron chi connectivity index (χ4n) is 2.18. The fraction of sp³-hybridized carbons (Fsp3) is 0.462. The van der Waals surface area contributed by atoms with Gasteiger partial charge >= 0.3 is 6.03 Å². The molecule has 1 heterocycles. The van der Waals surface area contributed by atoms with Crippen molar-refractivity contribution in [3.05, 3.63) is 29.0 Å². The molecule has 2 rings (SSSR count). The summed E-state index contributed by atoms with van der Waals surface area (Å²) in [5, 5.41) is 2.76. The molecular weight excluding hydrogens is 255 g/mol. The molecule has 1 unspecified atom stereocenters. The number of amides is 2. The summed E-state index contributed by atoms with van der Waals surface area (Å²) < 4.78 is 13.5. The van der Waals surface area contributed by atoms with Crippen LogP contribution in [0.5, 0.6) is 0 Å². The summed E-state index contributed by atoms with van der Waals surface area (Å²) in [6, 6.07) is 4.06. The van der Waals surface area contributed by atoms with E-state index in [1.165, 1.54) is 12.1 Å². The molecule has 1 saturated heterocycles. The molecule has 1 aliphatic heterocycles. The number of anilines is 1. The van der Waals surface area contributed by atoms with Gasteiger partial charge in [0.1, 0.15) is 5.82 Å². The van der Waals surface area contributed by atoms with E-state index in [4.69, 9.17) is 11.6 Å². The van der Waals surface area contributed by atoms with Crippen LogP contribution in [0.25, 0.3) is 0 Å². The summed E-state index contributed by atoms with van der Waals surface area (Å²) in [7, 11) is 0. The Bertz CT molecular complexity index is 432. The predicted octanol–water partition coefficient (Wildman–Crippen LogP) is 3.74. The van der Waals surface area contributed by atoms with Gasteiger partial charge in [-0.2, -0.15) is 0 Å². The second kappa shape index (κ2) is 5.57. The highest BCUT2D eigenvalue weighted by Gasteiger charge is 2.22. The zero-order valence-corrected chi connectivity index (χ0v) is 11.0. The maximum Gasteiger partial charge on any atom is 0.321 e. The molecule has 98 valence electrons. The van der Waals surface area contributed by atoms with Crippen LogP contribution in [-0.4, -0.2) is 24.0 Å². The first-order chi connectivity index (χ1) is 8.58. The zero-order valence-electron chi connectivity index (χ0n) is 10.2. The van der Waals surface area contributed by atoms with Gasteiger partial charge in [-0.3, -0.25) is 0 Å². The number of carbonyl (C=O) groups is 1. The van der Waals surface area contributed by atoms with Crippen LogP contribution in [0.2, 0.25) is 5.02 Å². The van der Waals surface area contributed by atoms with Gasteiger partial charge in [0.15, 0.2) is 0 Å². The van der Waals surface area contributed by atoms with E-state index in [2.05, 4.69) is 12.2 Å². The van der Waals surface area contributed by atoms with Crippen LogP contribution in [-0.2, 0) is 0 Å². The summed E-state index contributed by atoms with van der Waals surface area (Å²) in [4.78, 5) is 13.7. The summed E-state index contributed by atoms with van der Waals surface area (Å²) in [6.45, 7) is 3.52.